The van der Waals surface area contributed by atoms with Gasteiger partial charge in [-0.05, 0) is 48.0 Å². The first-order valence-corrected chi connectivity index (χ1v) is 13.4. The smallest absolute Gasteiger partial charge is 0.343 e. The monoisotopic (exact) mass is 650 g/mol. The van der Waals surface area contributed by atoms with Crippen LogP contribution in [0.1, 0.15) is 26.4 Å². The molecule has 2 N–H and O–H groups in total. The number of aromatic amines is 1. The first-order chi connectivity index (χ1) is 19.7. The largest absolute Gasteiger partial charge is 0.422 e. The number of halogens is 3. The van der Waals surface area contributed by atoms with Gasteiger partial charge in [-0.1, -0.05) is 69.5 Å². The highest BCUT2D eigenvalue weighted by molar-refractivity contribution is 9.10. The molecule has 0 radical (unpaired) electrons. The van der Waals surface area contributed by atoms with Gasteiger partial charge in [0.2, 0.25) is 0 Å². The average Bonchev–Trinajstić information content (AvgIpc) is 3.34. The Morgan fingerprint density at radius 3 is 2.44 bits per heavy atom. The van der Waals surface area contributed by atoms with Crippen LogP contribution in [0.4, 0.5) is 5.69 Å². The summed E-state index contributed by atoms with van der Waals surface area (Å²) in [4.78, 5) is 39.4. The van der Waals surface area contributed by atoms with Crippen molar-refractivity contribution in [3.05, 3.63) is 126 Å². The molecule has 5 aromatic rings. The molecule has 0 aliphatic rings. The molecule has 4 aromatic carbocycles. The summed E-state index contributed by atoms with van der Waals surface area (Å²) in [7, 11) is 0. The number of H-pyrrole nitrogens is 1. The van der Waals surface area contributed by atoms with Crippen LogP contribution in [0.5, 0.6) is 5.75 Å². The van der Waals surface area contributed by atoms with Crippen molar-refractivity contribution in [1.29, 1.82) is 0 Å². The van der Waals surface area contributed by atoms with Crippen LogP contribution >= 0.6 is 39.1 Å². The number of non-ortho nitro benzene ring substituents is 1. The van der Waals surface area contributed by atoms with Gasteiger partial charge < -0.3 is 9.72 Å². The normalized spacial score (nSPS) is 11.1. The number of esters is 1. The van der Waals surface area contributed by atoms with Crippen LogP contribution in [-0.4, -0.2) is 28.0 Å². The predicted octanol–water partition coefficient (Wildman–Crippen LogP) is 7.80. The van der Waals surface area contributed by atoms with E-state index in [1.807, 2.05) is 30.3 Å². The molecule has 1 aromatic heterocycles. The highest BCUT2D eigenvalue weighted by Crippen LogP contribution is 2.38. The maximum absolute atomic E-state index is 13.3. The number of hydrazone groups is 1. The van der Waals surface area contributed by atoms with Crippen molar-refractivity contribution in [3.8, 4) is 16.9 Å². The molecule has 0 bridgehead atoms. The number of fused-ring (bicyclic) bond motifs is 1. The molecule has 9 nitrogen and oxygen atoms in total. The second-order valence-corrected chi connectivity index (χ2v) is 10.4. The third-order valence-corrected chi connectivity index (χ3v) is 6.97. The van der Waals surface area contributed by atoms with Gasteiger partial charge in [0.15, 0.2) is 0 Å². The number of hydrogen-bond donors (Lipinski definition) is 2. The number of benzene rings is 4. The first-order valence-electron chi connectivity index (χ1n) is 11.9. The number of nitro benzene ring substituents is 1. The Morgan fingerprint density at radius 1 is 1.00 bits per heavy atom. The Morgan fingerprint density at radius 2 is 1.73 bits per heavy atom. The van der Waals surface area contributed by atoms with Crippen molar-refractivity contribution in [2.24, 2.45) is 5.10 Å². The maximum Gasteiger partial charge on any atom is 0.343 e. The summed E-state index contributed by atoms with van der Waals surface area (Å²) in [6.07, 6.45) is 1.33. The molecular formula is C29H17BrCl2N4O5. The fraction of sp³-hybridized carbons (Fsp3) is 0. The Labute approximate surface area is 251 Å². The second kappa shape index (κ2) is 11.9. The molecule has 0 spiro atoms. The van der Waals surface area contributed by atoms with E-state index >= 15 is 0 Å². The summed E-state index contributed by atoms with van der Waals surface area (Å²) in [5.41, 5.74) is 5.04. The number of nitrogens with zero attached hydrogens (tertiary/aromatic N) is 2. The van der Waals surface area contributed by atoms with E-state index in [9.17, 15) is 19.7 Å². The summed E-state index contributed by atoms with van der Waals surface area (Å²) in [5.74, 6) is -1.10. The molecule has 12 heteroatoms. The number of carbonyl (C=O) groups excluding carboxylic acids is 2. The van der Waals surface area contributed by atoms with Crippen LogP contribution in [0, 0.1) is 10.1 Å². The van der Waals surface area contributed by atoms with Gasteiger partial charge in [-0.25, -0.2) is 10.2 Å². The van der Waals surface area contributed by atoms with Gasteiger partial charge in [0.25, 0.3) is 11.6 Å². The summed E-state index contributed by atoms with van der Waals surface area (Å²) < 4.78 is 6.18. The zero-order valence-electron chi connectivity index (χ0n) is 20.7. The lowest BCUT2D eigenvalue weighted by molar-refractivity contribution is -0.384. The van der Waals surface area contributed by atoms with Crippen LogP contribution in [0.3, 0.4) is 0 Å². The zero-order valence-corrected chi connectivity index (χ0v) is 23.8. The average molecular weight is 652 g/mol. The third-order valence-electron chi connectivity index (χ3n) is 5.96. The zero-order chi connectivity index (χ0) is 29.1. The molecule has 0 atom stereocenters. The number of hydrogen-bond acceptors (Lipinski definition) is 6. The van der Waals surface area contributed by atoms with Crippen LogP contribution < -0.4 is 10.2 Å². The molecule has 0 fully saturated rings. The highest BCUT2D eigenvalue weighted by atomic mass is 79.9. The molecule has 0 aliphatic heterocycles. The van der Waals surface area contributed by atoms with Gasteiger partial charge in [0.05, 0.1) is 21.7 Å². The van der Waals surface area contributed by atoms with E-state index in [0.29, 0.717) is 36.5 Å². The molecule has 204 valence electrons. The van der Waals surface area contributed by atoms with E-state index in [4.69, 9.17) is 27.9 Å². The summed E-state index contributed by atoms with van der Waals surface area (Å²) in [6, 6.07) is 22.5. The molecule has 5 rings (SSSR count). The fourth-order valence-corrected chi connectivity index (χ4v) is 5.09. The highest BCUT2D eigenvalue weighted by Gasteiger charge is 2.21. The molecular weight excluding hydrogens is 635 g/mol. The molecule has 0 saturated heterocycles. The van der Waals surface area contributed by atoms with Crippen LogP contribution in [0.25, 0.3) is 22.0 Å². The van der Waals surface area contributed by atoms with Crippen molar-refractivity contribution in [3.63, 3.8) is 0 Å². The van der Waals surface area contributed by atoms with Crippen molar-refractivity contribution >= 4 is 73.8 Å². The molecule has 0 unspecified atom stereocenters. The Bertz CT molecular complexity index is 1840. The standard InChI is InChI=1S/C29H17BrCl2N4O5/c30-19-8-11-24(41-29(38)17-6-9-21(10-7-17)36(39)40)18(12-19)15-33-35-28(37)27-25(16-4-2-1-3-5-16)26-22(32)13-20(31)14-23(26)34-27/h1-15,34H,(H,35,37). The van der Waals surface area contributed by atoms with Gasteiger partial charge >= 0.3 is 5.97 Å². The van der Waals surface area contributed by atoms with E-state index in [1.165, 1.54) is 30.5 Å². The number of nitro groups is 1. The lowest BCUT2D eigenvalue weighted by Gasteiger charge is -2.08. The van der Waals surface area contributed by atoms with Crippen LogP contribution in [-0.2, 0) is 0 Å². The van der Waals surface area contributed by atoms with Gasteiger partial charge in [-0.2, -0.15) is 5.10 Å². The number of carbonyl (C=O) groups is 2. The van der Waals surface area contributed by atoms with Crippen molar-refractivity contribution in [1.82, 2.24) is 10.4 Å². The van der Waals surface area contributed by atoms with E-state index in [-0.39, 0.29) is 22.7 Å². The topological polar surface area (TPSA) is 127 Å². The Kier molecular flexibility index (Phi) is 8.16. The van der Waals surface area contributed by atoms with Gasteiger partial charge in [-0.15, -0.1) is 0 Å². The molecule has 0 aliphatic carbocycles. The Hall–Kier alpha value is -4.51. The van der Waals surface area contributed by atoms with Gasteiger partial charge in [-0.3, -0.25) is 14.9 Å². The second-order valence-electron chi connectivity index (χ2n) is 8.63. The van der Waals surface area contributed by atoms with Gasteiger partial charge in [0.1, 0.15) is 11.4 Å². The predicted molar refractivity (Wildman–Crippen MR) is 161 cm³/mol. The van der Waals surface area contributed by atoms with E-state index in [1.54, 1.807) is 30.3 Å². The van der Waals surface area contributed by atoms with Crippen molar-refractivity contribution in [2.45, 2.75) is 0 Å². The minimum Gasteiger partial charge on any atom is -0.422 e. The summed E-state index contributed by atoms with van der Waals surface area (Å²) in [5, 5.41) is 16.4. The Balaban J connectivity index is 1.41. The minimum atomic E-state index is -0.720. The molecule has 41 heavy (non-hydrogen) atoms. The molecule has 1 amide bonds. The van der Waals surface area contributed by atoms with Gasteiger partial charge in [0, 0.05) is 43.7 Å². The van der Waals surface area contributed by atoms with Crippen LogP contribution in [0.2, 0.25) is 10.0 Å². The number of nitrogens with one attached hydrogen (secondary N) is 2. The molecule has 0 saturated carbocycles. The number of ether oxygens (including phenoxy) is 1. The van der Waals surface area contributed by atoms with E-state index in [2.05, 4.69) is 31.4 Å². The SMILES string of the molecule is O=C(Oc1ccc(Br)cc1C=NNC(=O)c1[nH]c2cc(Cl)cc(Cl)c2c1-c1ccccc1)c1ccc([N+](=O)[O-])cc1. The third kappa shape index (κ3) is 6.14. The van der Waals surface area contributed by atoms with Crippen LogP contribution in [0.15, 0.2) is 94.5 Å². The lowest BCUT2D eigenvalue weighted by atomic mass is 10.0. The first kappa shape index (κ1) is 28.0. The number of amides is 1. The number of aromatic nitrogens is 1. The summed E-state index contributed by atoms with van der Waals surface area (Å²) >= 11 is 16.1. The van der Waals surface area contributed by atoms with E-state index < -0.39 is 16.8 Å². The molecule has 1 heterocycles. The summed E-state index contributed by atoms with van der Waals surface area (Å²) in [6.45, 7) is 0. The van der Waals surface area contributed by atoms with Crippen molar-refractivity contribution < 1.29 is 19.2 Å². The maximum atomic E-state index is 13.3. The lowest BCUT2D eigenvalue weighted by Crippen LogP contribution is -2.19. The minimum absolute atomic E-state index is 0.126. The van der Waals surface area contributed by atoms with Crippen molar-refractivity contribution in [2.75, 3.05) is 0 Å². The van der Waals surface area contributed by atoms with E-state index in [0.717, 1.165) is 5.56 Å². The fourth-order valence-electron chi connectivity index (χ4n) is 4.12. The quantitative estimate of drug-likeness (QED) is 0.0610. The number of rotatable bonds is 7.